The Morgan fingerprint density at radius 2 is 1.97 bits per heavy atom. The van der Waals surface area contributed by atoms with E-state index in [0.29, 0.717) is 18.6 Å². The molecular formula is C23H36N4O2. The number of hydrogen-bond donors (Lipinski definition) is 2. The monoisotopic (exact) mass is 400 g/mol. The van der Waals surface area contributed by atoms with Crippen LogP contribution in [0.4, 0.5) is 0 Å². The summed E-state index contributed by atoms with van der Waals surface area (Å²) in [5, 5.41) is 6.49. The Hall–Kier alpha value is -2.08. The van der Waals surface area contributed by atoms with E-state index >= 15 is 0 Å². The van der Waals surface area contributed by atoms with Gasteiger partial charge in [-0.15, -0.1) is 0 Å². The maximum Gasteiger partial charge on any atom is 0.242 e. The molecule has 2 fully saturated rings. The van der Waals surface area contributed by atoms with Gasteiger partial charge in [-0.25, -0.2) is 4.99 Å². The number of amides is 1. The summed E-state index contributed by atoms with van der Waals surface area (Å²) in [7, 11) is 0. The second kappa shape index (κ2) is 11.8. The lowest BCUT2D eigenvalue weighted by molar-refractivity contribution is -0.120. The molecule has 1 aromatic carbocycles. The van der Waals surface area contributed by atoms with Crippen molar-refractivity contribution in [2.24, 2.45) is 10.9 Å². The Labute approximate surface area is 175 Å². The molecule has 2 aliphatic rings. The third-order valence-electron chi connectivity index (χ3n) is 5.73. The van der Waals surface area contributed by atoms with Crippen LogP contribution in [-0.4, -0.2) is 55.6 Å². The number of likely N-dealkylation sites (tertiary alicyclic amines) is 1. The Bertz CT molecular complexity index is 644. The zero-order chi connectivity index (χ0) is 20.3. The standard InChI is InChI=1S/C23H36N4O2/c1-2-24-23(25-15-22(28)26-21-11-7-4-8-12-21)27-14-13-20(16-27)18-29-17-19-9-5-3-6-10-19/h3,5-6,9-10,20-21H,2,4,7-8,11-18H2,1H3,(H,24,25)(H,26,28). The number of ether oxygens (including phenoxy) is 1. The molecule has 0 bridgehead atoms. The van der Waals surface area contributed by atoms with E-state index in [9.17, 15) is 4.79 Å². The van der Waals surface area contributed by atoms with Gasteiger partial charge < -0.3 is 20.3 Å². The predicted octanol–water partition coefficient (Wildman–Crippen LogP) is 2.94. The molecule has 3 rings (SSSR count). The summed E-state index contributed by atoms with van der Waals surface area (Å²) >= 11 is 0. The fourth-order valence-electron chi connectivity index (χ4n) is 4.17. The zero-order valence-corrected chi connectivity index (χ0v) is 17.7. The van der Waals surface area contributed by atoms with Crippen LogP contribution < -0.4 is 10.6 Å². The molecule has 1 saturated carbocycles. The molecule has 1 heterocycles. The van der Waals surface area contributed by atoms with Crippen molar-refractivity contribution in [1.29, 1.82) is 0 Å². The maximum atomic E-state index is 12.3. The van der Waals surface area contributed by atoms with Crippen molar-refractivity contribution in [1.82, 2.24) is 15.5 Å². The van der Waals surface area contributed by atoms with Crippen LogP contribution in [0, 0.1) is 5.92 Å². The first-order valence-corrected chi connectivity index (χ1v) is 11.2. The van der Waals surface area contributed by atoms with E-state index in [4.69, 9.17) is 4.74 Å². The molecule has 29 heavy (non-hydrogen) atoms. The van der Waals surface area contributed by atoms with E-state index in [1.807, 2.05) is 18.2 Å². The minimum Gasteiger partial charge on any atom is -0.376 e. The third kappa shape index (κ3) is 7.35. The van der Waals surface area contributed by atoms with E-state index in [1.54, 1.807) is 0 Å². The molecule has 1 aliphatic heterocycles. The highest BCUT2D eigenvalue weighted by molar-refractivity contribution is 5.85. The average Bonchev–Trinajstić information content (AvgIpc) is 3.21. The van der Waals surface area contributed by atoms with Crippen molar-refractivity contribution in [2.45, 2.75) is 58.1 Å². The highest BCUT2D eigenvalue weighted by Crippen LogP contribution is 2.18. The maximum absolute atomic E-state index is 12.3. The van der Waals surface area contributed by atoms with Crippen LogP contribution in [0.2, 0.25) is 0 Å². The number of nitrogens with zero attached hydrogens (tertiary/aromatic N) is 2. The molecule has 1 atom stereocenters. The quantitative estimate of drug-likeness (QED) is 0.520. The summed E-state index contributed by atoms with van der Waals surface area (Å²) in [6, 6.07) is 10.6. The van der Waals surface area contributed by atoms with E-state index in [0.717, 1.165) is 51.5 Å². The van der Waals surface area contributed by atoms with E-state index in [-0.39, 0.29) is 12.5 Å². The second-order valence-corrected chi connectivity index (χ2v) is 8.17. The van der Waals surface area contributed by atoms with Gasteiger partial charge >= 0.3 is 0 Å². The van der Waals surface area contributed by atoms with Gasteiger partial charge in [-0.2, -0.15) is 0 Å². The predicted molar refractivity (Wildman–Crippen MR) is 117 cm³/mol. The van der Waals surface area contributed by atoms with Gasteiger partial charge in [0.1, 0.15) is 6.54 Å². The van der Waals surface area contributed by atoms with Gasteiger partial charge in [0, 0.05) is 31.6 Å². The average molecular weight is 401 g/mol. The van der Waals surface area contributed by atoms with Crippen molar-refractivity contribution in [3.63, 3.8) is 0 Å². The lowest BCUT2D eigenvalue weighted by Gasteiger charge is -2.23. The number of rotatable bonds is 8. The van der Waals surface area contributed by atoms with Crippen LogP contribution in [0.1, 0.15) is 51.0 Å². The lowest BCUT2D eigenvalue weighted by Crippen LogP contribution is -2.42. The minimum absolute atomic E-state index is 0.0363. The van der Waals surface area contributed by atoms with Crippen molar-refractivity contribution in [3.8, 4) is 0 Å². The molecule has 6 heteroatoms. The first-order chi connectivity index (χ1) is 14.2. The Kier molecular flexibility index (Phi) is 8.81. The lowest BCUT2D eigenvalue weighted by atomic mass is 9.95. The Morgan fingerprint density at radius 3 is 2.72 bits per heavy atom. The van der Waals surface area contributed by atoms with Gasteiger partial charge in [0.25, 0.3) is 0 Å². The Balaban J connectivity index is 1.42. The molecule has 6 nitrogen and oxygen atoms in total. The molecule has 160 valence electrons. The summed E-state index contributed by atoms with van der Waals surface area (Å²) in [4.78, 5) is 19.2. The summed E-state index contributed by atoms with van der Waals surface area (Å²) in [6.07, 6.45) is 7.03. The zero-order valence-electron chi connectivity index (χ0n) is 17.7. The molecule has 0 radical (unpaired) electrons. The number of aliphatic imine (C=N–C) groups is 1. The van der Waals surface area contributed by atoms with Gasteiger partial charge in [0.05, 0.1) is 13.2 Å². The summed E-state index contributed by atoms with van der Waals surface area (Å²) in [5.74, 6) is 1.38. The van der Waals surface area contributed by atoms with E-state index in [1.165, 1.54) is 24.8 Å². The van der Waals surface area contributed by atoms with E-state index < -0.39 is 0 Å². The number of hydrogen-bond acceptors (Lipinski definition) is 3. The second-order valence-electron chi connectivity index (χ2n) is 8.17. The van der Waals surface area contributed by atoms with Crippen molar-refractivity contribution >= 4 is 11.9 Å². The molecule has 1 saturated heterocycles. The smallest absolute Gasteiger partial charge is 0.242 e. The summed E-state index contributed by atoms with van der Waals surface area (Å²) in [6.45, 7) is 6.35. The first-order valence-electron chi connectivity index (χ1n) is 11.2. The number of nitrogens with one attached hydrogen (secondary N) is 2. The van der Waals surface area contributed by atoms with Crippen LogP contribution in [0.25, 0.3) is 0 Å². The molecule has 0 spiro atoms. The van der Waals surface area contributed by atoms with Crippen molar-refractivity contribution in [2.75, 3.05) is 32.8 Å². The topological polar surface area (TPSA) is 66.0 Å². The highest BCUT2D eigenvalue weighted by Gasteiger charge is 2.25. The van der Waals surface area contributed by atoms with Crippen LogP contribution in [-0.2, 0) is 16.1 Å². The van der Waals surface area contributed by atoms with Crippen LogP contribution in [0.5, 0.6) is 0 Å². The fourth-order valence-corrected chi connectivity index (χ4v) is 4.17. The third-order valence-corrected chi connectivity index (χ3v) is 5.73. The summed E-state index contributed by atoms with van der Waals surface area (Å²) < 4.78 is 5.92. The normalized spacial score (nSPS) is 20.7. The van der Waals surface area contributed by atoms with E-state index in [2.05, 4.69) is 39.6 Å². The van der Waals surface area contributed by atoms with Crippen molar-refractivity contribution in [3.05, 3.63) is 35.9 Å². The molecule has 1 amide bonds. The summed E-state index contributed by atoms with van der Waals surface area (Å²) in [5.41, 5.74) is 1.21. The molecule has 0 aromatic heterocycles. The van der Waals surface area contributed by atoms with Gasteiger partial charge in [-0.3, -0.25) is 4.79 Å². The highest BCUT2D eigenvalue weighted by atomic mass is 16.5. The number of guanidine groups is 1. The Morgan fingerprint density at radius 1 is 1.17 bits per heavy atom. The van der Waals surface area contributed by atoms with Crippen LogP contribution >= 0.6 is 0 Å². The minimum atomic E-state index is 0.0363. The number of carbonyl (C=O) groups excluding carboxylic acids is 1. The number of carbonyl (C=O) groups is 1. The van der Waals surface area contributed by atoms with Gasteiger partial charge in [0.15, 0.2) is 5.96 Å². The van der Waals surface area contributed by atoms with Crippen LogP contribution in [0.3, 0.4) is 0 Å². The molecular weight excluding hydrogens is 364 g/mol. The van der Waals surface area contributed by atoms with Gasteiger partial charge in [-0.1, -0.05) is 49.6 Å². The molecule has 2 N–H and O–H groups in total. The fraction of sp³-hybridized carbons (Fsp3) is 0.652. The van der Waals surface area contributed by atoms with Gasteiger partial charge in [-0.05, 0) is 31.7 Å². The molecule has 1 unspecified atom stereocenters. The SMILES string of the molecule is CCNC(=NCC(=O)NC1CCCCC1)N1CCC(COCc2ccccc2)C1. The van der Waals surface area contributed by atoms with Crippen LogP contribution in [0.15, 0.2) is 35.3 Å². The largest absolute Gasteiger partial charge is 0.376 e. The van der Waals surface area contributed by atoms with Gasteiger partial charge in [0.2, 0.25) is 5.91 Å². The first kappa shape index (κ1) is 21.6. The molecule has 1 aromatic rings. The molecule has 1 aliphatic carbocycles. The number of benzene rings is 1. The van der Waals surface area contributed by atoms with Crippen molar-refractivity contribution < 1.29 is 9.53 Å².